The van der Waals surface area contributed by atoms with Gasteiger partial charge in [-0.2, -0.15) is 26.3 Å². The van der Waals surface area contributed by atoms with E-state index in [1.807, 2.05) is 0 Å². The zero-order valence-electron chi connectivity index (χ0n) is 17.5. The molecule has 2 aromatic carbocycles. The van der Waals surface area contributed by atoms with Gasteiger partial charge in [-0.05, 0) is 55.2 Å². The Bertz CT molecular complexity index is 988. The molecule has 4 nitrogen and oxygen atoms in total. The molecule has 178 valence electrons. The van der Waals surface area contributed by atoms with E-state index in [2.05, 4.69) is 5.32 Å². The van der Waals surface area contributed by atoms with E-state index in [0.717, 1.165) is 5.56 Å². The lowest BCUT2D eigenvalue weighted by Crippen LogP contribution is -2.55. The second-order valence-electron chi connectivity index (χ2n) is 7.89. The van der Waals surface area contributed by atoms with Crippen LogP contribution in [0.5, 0.6) is 0 Å². The Morgan fingerprint density at radius 3 is 2.15 bits per heavy atom. The molecule has 0 spiro atoms. The van der Waals surface area contributed by atoms with Crippen LogP contribution in [0.15, 0.2) is 60.9 Å². The summed E-state index contributed by atoms with van der Waals surface area (Å²) in [5.74, 6) is -0.379. The summed E-state index contributed by atoms with van der Waals surface area (Å²) in [6.45, 7) is 1.34. The van der Waals surface area contributed by atoms with E-state index in [1.54, 1.807) is 30.3 Å². The van der Waals surface area contributed by atoms with E-state index in [1.165, 1.54) is 19.3 Å². The van der Waals surface area contributed by atoms with Crippen molar-refractivity contribution in [2.24, 2.45) is 5.73 Å². The summed E-state index contributed by atoms with van der Waals surface area (Å²) in [6, 6.07) is 9.55. The van der Waals surface area contributed by atoms with Crippen molar-refractivity contribution in [3.63, 3.8) is 0 Å². The highest BCUT2D eigenvalue weighted by molar-refractivity contribution is 5.83. The van der Waals surface area contributed by atoms with Gasteiger partial charge in [0.15, 0.2) is 0 Å². The maximum absolute atomic E-state index is 13.1. The summed E-state index contributed by atoms with van der Waals surface area (Å²) >= 11 is 0. The van der Waals surface area contributed by atoms with Crippen LogP contribution in [0.1, 0.15) is 48.1 Å². The molecular weight excluding hydrogens is 450 g/mol. The number of carbonyl (C=O) groups is 1. The number of alkyl halides is 6. The summed E-state index contributed by atoms with van der Waals surface area (Å²) in [4.78, 5) is 12.2. The smallest absolute Gasteiger partial charge is 0.416 e. The Kier molecular flexibility index (Phi) is 6.78. The van der Waals surface area contributed by atoms with Gasteiger partial charge in [-0.1, -0.05) is 30.3 Å². The molecule has 3 atom stereocenters. The van der Waals surface area contributed by atoms with Crippen molar-refractivity contribution in [2.75, 3.05) is 0 Å². The van der Waals surface area contributed by atoms with Crippen LogP contribution in [-0.4, -0.2) is 11.9 Å². The summed E-state index contributed by atoms with van der Waals surface area (Å²) in [5.41, 5.74) is 2.42. The molecule has 1 aliphatic rings. The highest BCUT2D eigenvalue weighted by Gasteiger charge is 2.39. The standard InChI is InChI=1S/C23H22F6N2O2/c1-14(15-11-17(22(24,25)26)13-18(12-15)23(27,28)29)33-10-9-21(16-5-3-2-4-6-16)8-7-19(30)20(32)31-21/h2-6,9-14,19H,7-8,30H2,1H3,(H,31,32)/b10-9+/t14-,19?,21-/m1/s1. The van der Waals surface area contributed by atoms with E-state index in [9.17, 15) is 31.1 Å². The quantitative estimate of drug-likeness (QED) is 0.450. The van der Waals surface area contributed by atoms with Crippen molar-refractivity contribution in [1.82, 2.24) is 5.32 Å². The van der Waals surface area contributed by atoms with Gasteiger partial charge in [-0.25, -0.2) is 0 Å². The van der Waals surface area contributed by atoms with Gasteiger partial charge < -0.3 is 15.8 Å². The number of amides is 1. The van der Waals surface area contributed by atoms with Crippen molar-refractivity contribution in [3.8, 4) is 0 Å². The Morgan fingerprint density at radius 2 is 1.64 bits per heavy atom. The van der Waals surface area contributed by atoms with Crippen LogP contribution in [0.2, 0.25) is 0 Å². The van der Waals surface area contributed by atoms with Gasteiger partial charge in [-0.3, -0.25) is 4.79 Å². The Morgan fingerprint density at radius 1 is 1.06 bits per heavy atom. The van der Waals surface area contributed by atoms with Crippen molar-refractivity contribution in [1.29, 1.82) is 0 Å². The highest BCUT2D eigenvalue weighted by Crippen LogP contribution is 2.38. The van der Waals surface area contributed by atoms with Gasteiger partial charge in [0, 0.05) is 0 Å². The molecule has 0 aromatic heterocycles. The lowest BCUT2D eigenvalue weighted by Gasteiger charge is -2.38. The number of ether oxygens (including phenoxy) is 1. The average molecular weight is 472 g/mol. The van der Waals surface area contributed by atoms with Crippen LogP contribution in [0, 0.1) is 0 Å². The molecule has 0 radical (unpaired) electrons. The average Bonchev–Trinajstić information content (AvgIpc) is 2.75. The van der Waals surface area contributed by atoms with Gasteiger partial charge in [0.2, 0.25) is 5.91 Å². The molecule has 2 aromatic rings. The van der Waals surface area contributed by atoms with Crippen LogP contribution in [0.3, 0.4) is 0 Å². The maximum Gasteiger partial charge on any atom is 0.416 e. The summed E-state index contributed by atoms with van der Waals surface area (Å²) in [7, 11) is 0. The Balaban J connectivity index is 1.89. The lowest BCUT2D eigenvalue weighted by molar-refractivity contribution is -0.143. The van der Waals surface area contributed by atoms with E-state index in [4.69, 9.17) is 10.5 Å². The molecule has 0 aliphatic carbocycles. The minimum atomic E-state index is -4.95. The number of nitrogens with one attached hydrogen (secondary N) is 1. The monoisotopic (exact) mass is 472 g/mol. The fourth-order valence-electron chi connectivity index (χ4n) is 3.63. The second kappa shape index (κ2) is 9.09. The van der Waals surface area contributed by atoms with Crippen molar-refractivity contribution < 1.29 is 35.9 Å². The third-order valence-corrected chi connectivity index (χ3v) is 5.54. The fraction of sp³-hybridized carbons (Fsp3) is 0.348. The SMILES string of the molecule is C[C@@H](O/C=C/[C@@]1(c2ccccc2)CCC(N)C(=O)N1)c1cc(C(F)(F)F)cc(C(F)(F)F)c1. The first-order chi connectivity index (χ1) is 15.3. The number of hydrogen-bond donors (Lipinski definition) is 2. The van der Waals surface area contributed by atoms with Gasteiger partial charge in [-0.15, -0.1) is 0 Å². The van der Waals surface area contributed by atoms with Gasteiger partial charge in [0.25, 0.3) is 0 Å². The number of hydrogen-bond acceptors (Lipinski definition) is 3. The summed E-state index contributed by atoms with van der Waals surface area (Å²) < 4.78 is 84.2. The van der Waals surface area contributed by atoms with E-state index < -0.39 is 41.2 Å². The normalized spacial score (nSPS) is 22.8. The molecule has 1 aliphatic heterocycles. The molecule has 33 heavy (non-hydrogen) atoms. The first kappa shape index (κ1) is 24.6. The van der Waals surface area contributed by atoms with E-state index in [-0.39, 0.29) is 17.5 Å². The van der Waals surface area contributed by atoms with Crippen LogP contribution in [0.4, 0.5) is 26.3 Å². The van der Waals surface area contributed by atoms with Gasteiger partial charge in [0.05, 0.1) is 29.0 Å². The Hall–Kier alpha value is -3.01. The minimum absolute atomic E-state index is 0.0667. The van der Waals surface area contributed by atoms with Crippen LogP contribution in [-0.2, 0) is 27.4 Å². The van der Waals surface area contributed by atoms with Crippen molar-refractivity contribution in [2.45, 2.75) is 49.8 Å². The minimum Gasteiger partial charge on any atom is -0.494 e. The van der Waals surface area contributed by atoms with E-state index >= 15 is 0 Å². The number of rotatable bonds is 5. The third-order valence-electron chi connectivity index (χ3n) is 5.54. The summed E-state index contributed by atoms with van der Waals surface area (Å²) in [5, 5.41) is 2.84. The lowest BCUT2D eigenvalue weighted by atomic mass is 9.81. The molecule has 10 heteroatoms. The number of halogens is 6. The predicted octanol–water partition coefficient (Wildman–Crippen LogP) is 5.45. The van der Waals surface area contributed by atoms with Gasteiger partial charge in [0.1, 0.15) is 6.10 Å². The van der Waals surface area contributed by atoms with Crippen LogP contribution in [0.25, 0.3) is 0 Å². The number of carbonyl (C=O) groups excluding carboxylic acids is 1. The fourth-order valence-corrected chi connectivity index (χ4v) is 3.63. The third kappa shape index (κ3) is 5.68. The van der Waals surface area contributed by atoms with Gasteiger partial charge >= 0.3 is 12.4 Å². The van der Waals surface area contributed by atoms with Crippen LogP contribution < -0.4 is 11.1 Å². The molecule has 1 heterocycles. The first-order valence-corrected chi connectivity index (χ1v) is 10.1. The number of piperidine rings is 1. The Labute approximate surface area is 186 Å². The zero-order chi connectivity index (χ0) is 24.4. The predicted molar refractivity (Wildman–Crippen MR) is 109 cm³/mol. The largest absolute Gasteiger partial charge is 0.494 e. The van der Waals surface area contributed by atoms with Crippen molar-refractivity contribution >= 4 is 5.91 Å². The molecule has 1 fully saturated rings. The molecule has 1 amide bonds. The zero-order valence-corrected chi connectivity index (χ0v) is 17.5. The molecule has 3 N–H and O–H groups in total. The molecule has 1 saturated heterocycles. The number of nitrogens with two attached hydrogens (primary N) is 1. The number of benzene rings is 2. The molecule has 0 bridgehead atoms. The highest BCUT2D eigenvalue weighted by atomic mass is 19.4. The first-order valence-electron chi connectivity index (χ1n) is 10.1. The summed E-state index contributed by atoms with van der Waals surface area (Å²) in [6.07, 6.45) is -7.51. The van der Waals surface area contributed by atoms with Crippen LogP contribution >= 0.6 is 0 Å². The topological polar surface area (TPSA) is 64.3 Å². The molecular formula is C23H22F6N2O2. The maximum atomic E-state index is 13.1. The molecule has 0 saturated carbocycles. The van der Waals surface area contributed by atoms with E-state index in [0.29, 0.717) is 25.0 Å². The molecule has 1 unspecified atom stereocenters. The second-order valence-corrected chi connectivity index (χ2v) is 7.89. The molecule has 3 rings (SSSR count). The van der Waals surface area contributed by atoms with Crippen molar-refractivity contribution in [3.05, 3.63) is 83.1 Å².